The van der Waals surface area contributed by atoms with E-state index in [2.05, 4.69) is 22.2 Å². The first-order valence-electron chi connectivity index (χ1n) is 5.21. The first-order chi connectivity index (χ1) is 9.27. The molecule has 0 saturated heterocycles. The second kappa shape index (κ2) is 5.00. The number of rotatable bonds is 2. The highest BCUT2D eigenvalue weighted by Crippen LogP contribution is 2.29. The molecule has 5 nitrogen and oxygen atoms in total. The highest BCUT2D eigenvalue weighted by atomic mass is 32.1. The Morgan fingerprint density at radius 2 is 2.00 bits per heavy atom. The van der Waals surface area contributed by atoms with E-state index in [1.807, 2.05) is 0 Å². The third-order valence-electron chi connectivity index (χ3n) is 2.38. The van der Waals surface area contributed by atoms with Crippen LogP contribution in [0.1, 0.15) is 5.82 Å². The summed E-state index contributed by atoms with van der Waals surface area (Å²) in [6, 6.07) is 6.42. The Labute approximate surface area is 115 Å². The molecule has 1 aromatic heterocycles. The summed E-state index contributed by atoms with van der Waals surface area (Å²) >= 11 is 4.68. The first-order valence-corrected chi connectivity index (χ1v) is 5.61. The van der Waals surface area contributed by atoms with E-state index in [0.29, 0.717) is 0 Å². The summed E-state index contributed by atoms with van der Waals surface area (Å²) in [4.78, 5) is 15.3. The monoisotopic (exact) mass is 301 g/mol. The van der Waals surface area contributed by atoms with Crippen molar-refractivity contribution in [2.75, 3.05) is 0 Å². The van der Waals surface area contributed by atoms with E-state index in [4.69, 9.17) is 0 Å². The lowest BCUT2D eigenvalue weighted by atomic mass is 10.1. The van der Waals surface area contributed by atoms with Crippen LogP contribution in [0.25, 0.3) is 11.3 Å². The number of aromatic nitrogens is 2. The largest absolute Gasteiger partial charge is 0.449 e. The molecule has 0 saturated carbocycles. The molecule has 0 fully saturated rings. The number of alkyl halides is 3. The van der Waals surface area contributed by atoms with Crippen LogP contribution in [0.15, 0.2) is 30.3 Å². The predicted octanol–water partition coefficient (Wildman–Crippen LogP) is 3.73. The van der Waals surface area contributed by atoms with Crippen molar-refractivity contribution < 1.29 is 18.1 Å². The van der Waals surface area contributed by atoms with Gasteiger partial charge in [0, 0.05) is 17.7 Å². The van der Waals surface area contributed by atoms with Crippen molar-refractivity contribution >= 4 is 17.9 Å². The number of nitrogens with zero attached hydrogens (tertiary/aromatic N) is 2. The number of non-ortho nitro benzene ring substituents is 1. The number of hydrogen-bond acceptors (Lipinski definition) is 4. The van der Waals surface area contributed by atoms with Crippen molar-refractivity contribution in [3.05, 3.63) is 50.9 Å². The van der Waals surface area contributed by atoms with Crippen molar-refractivity contribution in [2.24, 2.45) is 0 Å². The van der Waals surface area contributed by atoms with Crippen molar-refractivity contribution in [1.82, 2.24) is 9.97 Å². The summed E-state index contributed by atoms with van der Waals surface area (Å²) < 4.78 is 37.6. The molecule has 1 N–H and O–H groups in total. The number of aromatic amines is 1. The van der Waals surface area contributed by atoms with Crippen LogP contribution >= 0.6 is 12.2 Å². The number of hydrogen-bond donors (Lipinski definition) is 1. The van der Waals surface area contributed by atoms with Gasteiger partial charge < -0.3 is 4.98 Å². The smallest absolute Gasteiger partial charge is 0.335 e. The maximum absolute atomic E-state index is 12.6. The standard InChI is InChI=1S/C11H6F3N3O2S/c12-11(13,14)10-15-8(5-9(20)16-10)6-2-1-3-7(4-6)17(18)19/h1-5H,(H,15,16,20). The van der Waals surface area contributed by atoms with Crippen LogP contribution in [-0.4, -0.2) is 14.9 Å². The van der Waals surface area contributed by atoms with Gasteiger partial charge in [-0.25, -0.2) is 4.98 Å². The molecular weight excluding hydrogens is 295 g/mol. The van der Waals surface area contributed by atoms with Crippen LogP contribution in [0.5, 0.6) is 0 Å². The summed E-state index contributed by atoms with van der Waals surface area (Å²) in [7, 11) is 0. The minimum Gasteiger partial charge on any atom is -0.335 e. The maximum atomic E-state index is 12.6. The van der Waals surface area contributed by atoms with Crippen LogP contribution in [0.3, 0.4) is 0 Å². The Morgan fingerprint density at radius 1 is 1.30 bits per heavy atom. The zero-order chi connectivity index (χ0) is 14.9. The molecule has 0 aliphatic rings. The van der Waals surface area contributed by atoms with Gasteiger partial charge in [-0.1, -0.05) is 24.4 Å². The van der Waals surface area contributed by atoms with Crippen LogP contribution in [0.2, 0.25) is 0 Å². The second-order valence-corrected chi connectivity index (χ2v) is 4.21. The number of halogens is 3. The number of nitro benzene ring substituents is 1. The van der Waals surface area contributed by atoms with Gasteiger partial charge in [0.25, 0.3) is 5.69 Å². The van der Waals surface area contributed by atoms with Gasteiger partial charge in [0.1, 0.15) is 4.64 Å². The summed E-state index contributed by atoms with van der Waals surface area (Å²) in [5.41, 5.74) is 0.00594. The van der Waals surface area contributed by atoms with Crippen molar-refractivity contribution in [3.8, 4) is 11.3 Å². The van der Waals surface area contributed by atoms with Crippen LogP contribution < -0.4 is 0 Å². The molecule has 9 heteroatoms. The highest BCUT2D eigenvalue weighted by molar-refractivity contribution is 7.71. The van der Waals surface area contributed by atoms with Crippen LogP contribution in [0.4, 0.5) is 18.9 Å². The molecule has 0 aliphatic heterocycles. The van der Waals surface area contributed by atoms with E-state index < -0.39 is 16.9 Å². The quantitative estimate of drug-likeness (QED) is 0.521. The lowest BCUT2D eigenvalue weighted by molar-refractivity contribution is -0.384. The van der Waals surface area contributed by atoms with E-state index in [9.17, 15) is 23.3 Å². The van der Waals surface area contributed by atoms with Crippen molar-refractivity contribution in [3.63, 3.8) is 0 Å². The molecule has 104 valence electrons. The van der Waals surface area contributed by atoms with E-state index >= 15 is 0 Å². The molecule has 0 unspecified atom stereocenters. The Bertz CT molecular complexity index is 727. The Balaban J connectivity index is 2.58. The Kier molecular flexibility index (Phi) is 3.53. The fraction of sp³-hybridized carbons (Fsp3) is 0.0909. The van der Waals surface area contributed by atoms with Gasteiger partial charge in [-0.3, -0.25) is 10.1 Å². The first kappa shape index (κ1) is 14.1. The molecule has 0 aliphatic carbocycles. The third-order valence-corrected chi connectivity index (χ3v) is 2.59. The minimum atomic E-state index is -4.68. The number of benzene rings is 1. The summed E-state index contributed by atoms with van der Waals surface area (Å²) in [5.74, 6) is -1.24. The molecular formula is C11H6F3N3O2S. The van der Waals surface area contributed by atoms with Gasteiger partial charge in [0.15, 0.2) is 0 Å². The van der Waals surface area contributed by atoms with Crippen LogP contribution in [0, 0.1) is 14.8 Å². The molecule has 0 atom stereocenters. The van der Waals surface area contributed by atoms with Crippen molar-refractivity contribution in [1.29, 1.82) is 0 Å². The van der Waals surface area contributed by atoms with Gasteiger partial charge in [0.05, 0.1) is 10.6 Å². The van der Waals surface area contributed by atoms with Crippen molar-refractivity contribution in [2.45, 2.75) is 6.18 Å². The van der Waals surface area contributed by atoms with Gasteiger partial charge in [-0.2, -0.15) is 13.2 Å². The summed E-state index contributed by atoms with van der Waals surface area (Å²) in [6.45, 7) is 0. The number of nitro groups is 1. The zero-order valence-electron chi connectivity index (χ0n) is 9.64. The van der Waals surface area contributed by atoms with E-state index in [1.165, 1.54) is 24.3 Å². The number of H-pyrrole nitrogens is 1. The zero-order valence-corrected chi connectivity index (χ0v) is 10.5. The molecule has 20 heavy (non-hydrogen) atoms. The summed E-state index contributed by atoms with van der Waals surface area (Å²) in [6.07, 6.45) is -4.68. The fourth-order valence-electron chi connectivity index (χ4n) is 1.53. The Morgan fingerprint density at radius 3 is 2.60 bits per heavy atom. The molecule has 1 aromatic carbocycles. The molecule has 2 rings (SSSR count). The number of nitrogens with one attached hydrogen (secondary N) is 1. The van der Waals surface area contributed by atoms with Gasteiger partial charge in [0.2, 0.25) is 5.82 Å². The average Bonchev–Trinajstić information content (AvgIpc) is 2.37. The highest BCUT2D eigenvalue weighted by Gasteiger charge is 2.34. The van der Waals surface area contributed by atoms with E-state index in [-0.39, 0.29) is 21.6 Å². The summed E-state index contributed by atoms with van der Waals surface area (Å²) in [5, 5.41) is 10.7. The lowest BCUT2D eigenvalue weighted by Crippen LogP contribution is -2.11. The van der Waals surface area contributed by atoms with Gasteiger partial charge in [-0.05, 0) is 6.07 Å². The van der Waals surface area contributed by atoms with Gasteiger partial charge >= 0.3 is 6.18 Å². The topological polar surface area (TPSA) is 71.8 Å². The molecule has 2 aromatic rings. The second-order valence-electron chi connectivity index (χ2n) is 3.79. The molecule has 0 radical (unpaired) electrons. The maximum Gasteiger partial charge on any atom is 0.449 e. The normalized spacial score (nSPS) is 11.3. The minimum absolute atomic E-state index is 0.0148. The lowest BCUT2D eigenvalue weighted by Gasteiger charge is -2.08. The van der Waals surface area contributed by atoms with E-state index in [1.54, 1.807) is 0 Å². The van der Waals surface area contributed by atoms with Gasteiger partial charge in [-0.15, -0.1) is 0 Å². The molecule has 0 spiro atoms. The average molecular weight is 301 g/mol. The Hall–Kier alpha value is -2.29. The molecule has 0 amide bonds. The fourth-order valence-corrected chi connectivity index (χ4v) is 1.74. The SMILES string of the molecule is O=[N+]([O-])c1cccc(-c2cc(=S)nc(C(F)(F)F)[nH]2)c1. The molecule has 0 bridgehead atoms. The van der Waals surface area contributed by atoms with E-state index in [0.717, 1.165) is 6.07 Å². The predicted molar refractivity (Wildman–Crippen MR) is 66.5 cm³/mol. The molecule has 1 heterocycles. The van der Waals surface area contributed by atoms with Crippen LogP contribution in [-0.2, 0) is 6.18 Å². The third kappa shape index (κ3) is 2.99.